The molecular formula is C23H21ClN2O5. The van der Waals surface area contributed by atoms with E-state index < -0.39 is 5.97 Å². The summed E-state index contributed by atoms with van der Waals surface area (Å²) < 4.78 is 15.6. The van der Waals surface area contributed by atoms with Crippen molar-refractivity contribution in [2.24, 2.45) is 0 Å². The second-order valence-corrected chi connectivity index (χ2v) is 6.94. The SMILES string of the molecule is COc1ccc(NC(=O)c2ccc(COC(=O)c3cc(Cl)c(N)cc3OC)cc2)cc1. The van der Waals surface area contributed by atoms with Crippen molar-refractivity contribution in [2.75, 3.05) is 25.3 Å². The van der Waals surface area contributed by atoms with E-state index in [1.54, 1.807) is 55.6 Å². The molecule has 0 radical (unpaired) electrons. The number of rotatable bonds is 7. The zero-order valence-electron chi connectivity index (χ0n) is 17.0. The Morgan fingerprint density at radius 2 is 1.65 bits per heavy atom. The normalized spacial score (nSPS) is 10.3. The second-order valence-electron chi connectivity index (χ2n) is 6.53. The van der Waals surface area contributed by atoms with Crippen LogP contribution in [0.2, 0.25) is 5.02 Å². The van der Waals surface area contributed by atoms with Gasteiger partial charge in [-0.1, -0.05) is 23.7 Å². The maximum atomic E-state index is 12.4. The Bertz CT molecular complexity index is 1080. The van der Waals surface area contributed by atoms with Gasteiger partial charge in [0.2, 0.25) is 0 Å². The van der Waals surface area contributed by atoms with Gasteiger partial charge in [-0.15, -0.1) is 0 Å². The van der Waals surface area contributed by atoms with Crippen molar-refractivity contribution in [3.8, 4) is 11.5 Å². The molecule has 0 aliphatic carbocycles. The molecule has 3 aromatic carbocycles. The zero-order chi connectivity index (χ0) is 22.4. The van der Waals surface area contributed by atoms with Gasteiger partial charge >= 0.3 is 5.97 Å². The number of benzene rings is 3. The number of anilines is 2. The van der Waals surface area contributed by atoms with Crippen molar-refractivity contribution >= 4 is 34.9 Å². The smallest absolute Gasteiger partial charge is 0.342 e. The minimum atomic E-state index is -0.597. The van der Waals surface area contributed by atoms with Crippen molar-refractivity contribution in [2.45, 2.75) is 6.61 Å². The molecule has 0 saturated heterocycles. The Kier molecular flexibility index (Phi) is 6.99. The minimum Gasteiger partial charge on any atom is -0.497 e. The molecule has 0 heterocycles. The van der Waals surface area contributed by atoms with Crippen LogP contribution in [0.3, 0.4) is 0 Å². The number of halogens is 1. The Balaban J connectivity index is 1.61. The van der Waals surface area contributed by atoms with Gasteiger partial charge in [0.1, 0.15) is 23.7 Å². The summed E-state index contributed by atoms with van der Waals surface area (Å²) in [6, 6.07) is 16.6. The summed E-state index contributed by atoms with van der Waals surface area (Å²) in [4.78, 5) is 24.8. The van der Waals surface area contributed by atoms with Crippen LogP contribution in [0.4, 0.5) is 11.4 Å². The lowest BCUT2D eigenvalue weighted by Crippen LogP contribution is -2.12. The maximum absolute atomic E-state index is 12.4. The van der Waals surface area contributed by atoms with Crippen LogP contribution >= 0.6 is 11.6 Å². The summed E-state index contributed by atoms with van der Waals surface area (Å²) >= 11 is 5.99. The van der Waals surface area contributed by atoms with E-state index in [0.29, 0.717) is 22.7 Å². The summed E-state index contributed by atoms with van der Waals surface area (Å²) in [5.74, 6) is 0.128. The summed E-state index contributed by atoms with van der Waals surface area (Å²) in [7, 11) is 3.00. The lowest BCUT2D eigenvalue weighted by molar-refractivity contribution is 0.0469. The molecule has 0 fully saturated rings. The molecule has 1 amide bonds. The molecule has 7 nitrogen and oxygen atoms in total. The molecule has 0 aliphatic rings. The molecule has 8 heteroatoms. The molecule has 0 aliphatic heterocycles. The van der Waals surface area contributed by atoms with E-state index in [2.05, 4.69) is 5.32 Å². The van der Waals surface area contributed by atoms with Crippen LogP contribution in [0.5, 0.6) is 11.5 Å². The Morgan fingerprint density at radius 1 is 0.968 bits per heavy atom. The van der Waals surface area contributed by atoms with Crippen LogP contribution in [0.25, 0.3) is 0 Å². The monoisotopic (exact) mass is 440 g/mol. The summed E-state index contributed by atoms with van der Waals surface area (Å²) in [6.07, 6.45) is 0. The zero-order valence-corrected chi connectivity index (χ0v) is 17.7. The molecule has 0 unspecified atom stereocenters. The quantitative estimate of drug-likeness (QED) is 0.413. The maximum Gasteiger partial charge on any atom is 0.342 e. The highest BCUT2D eigenvalue weighted by atomic mass is 35.5. The number of esters is 1. The molecule has 3 aromatic rings. The Labute approximate surface area is 184 Å². The first-order chi connectivity index (χ1) is 14.9. The first-order valence-corrected chi connectivity index (χ1v) is 9.63. The van der Waals surface area contributed by atoms with Crippen LogP contribution in [0, 0.1) is 0 Å². The average Bonchev–Trinajstić information content (AvgIpc) is 2.79. The number of nitrogens with one attached hydrogen (secondary N) is 1. The predicted octanol–water partition coefficient (Wildman–Crippen LogP) is 4.55. The van der Waals surface area contributed by atoms with Gasteiger partial charge in [0.05, 0.1) is 24.9 Å². The number of carbonyl (C=O) groups is 2. The van der Waals surface area contributed by atoms with Crippen molar-refractivity contribution in [3.05, 3.63) is 82.4 Å². The molecule has 0 aromatic heterocycles. The fourth-order valence-corrected chi connectivity index (χ4v) is 2.92. The molecular weight excluding hydrogens is 420 g/mol. The minimum absolute atomic E-state index is 0.0182. The van der Waals surface area contributed by atoms with Crippen molar-refractivity contribution in [1.29, 1.82) is 0 Å². The highest BCUT2D eigenvalue weighted by Crippen LogP contribution is 2.29. The second kappa shape index (κ2) is 9.86. The molecule has 31 heavy (non-hydrogen) atoms. The van der Waals surface area contributed by atoms with Crippen LogP contribution in [0.1, 0.15) is 26.3 Å². The topological polar surface area (TPSA) is 99.9 Å². The number of nitrogens with two attached hydrogens (primary N) is 1. The third-order valence-corrected chi connectivity index (χ3v) is 4.80. The highest BCUT2D eigenvalue weighted by Gasteiger charge is 2.17. The van der Waals surface area contributed by atoms with E-state index in [9.17, 15) is 9.59 Å². The standard InChI is InChI=1S/C23H21ClN2O5/c1-29-17-9-7-16(8-10-17)26-22(27)15-5-3-14(4-6-15)13-31-23(28)18-11-19(24)20(25)12-21(18)30-2/h3-12H,13,25H2,1-2H3,(H,26,27). The van der Waals surface area contributed by atoms with Crippen molar-refractivity contribution in [1.82, 2.24) is 0 Å². The van der Waals surface area contributed by atoms with Crippen LogP contribution in [-0.2, 0) is 11.3 Å². The number of carbonyl (C=O) groups excluding carboxylic acids is 2. The number of ether oxygens (including phenoxy) is 3. The fraction of sp³-hybridized carbons (Fsp3) is 0.130. The molecule has 0 bridgehead atoms. The number of hydrogen-bond acceptors (Lipinski definition) is 6. The summed E-state index contributed by atoms with van der Waals surface area (Å²) in [5, 5.41) is 3.04. The largest absolute Gasteiger partial charge is 0.497 e. The van der Waals surface area contributed by atoms with Crippen LogP contribution in [-0.4, -0.2) is 26.1 Å². The van der Waals surface area contributed by atoms with Crippen LogP contribution in [0.15, 0.2) is 60.7 Å². The van der Waals surface area contributed by atoms with E-state index in [1.165, 1.54) is 19.2 Å². The van der Waals surface area contributed by atoms with Gasteiger partial charge < -0.3 is 25.3 Å². The number of amides is 1. The molecule has 3 rings (SSSR count). The molecule has 0 saturated carbocycles. The van der Waals surface area contributed by atoms with Gasteiger partial charge in [0, 0.05) is 17.3 Å². The molecule has 0 spiro atoms. The van der Waals surface area contributed by atoms with Gasteiger partial charge in [-0.2, -0.15) is 0 Å². The van der Waals surface area contributed by atoms with Gasteiger partial charge in [-0.3, -0.25) is 4.79 Å². The molecule has 3 N–H and O–H groups in total. The van der Waals surface area contributed by atoms with Crippen LogP contribution < -0.4 is 20.5 Å². The molecule has 0 atom stereocenters. The van der Waals surface area contributed by atoms with Gasteiger partial charge in [0.15, 0.2) is 0 Å². The third kappa shape index (κ3) is 5.46. The lowest BCUT2D eigenvalue weighted by Gasteiger charge is -2.11. The van der Waals surface area contributed by atoms with E-state index in [4.69, 9.17) is 31.5 Å². The van der Waals surface area contributed by atoms with Crippen molar-refractivity contribution in [3.63, 3.8) is 0 Å². The summed E-state index contributed by atoms with van der Waals surface area (Å²) in [6.45, 7) is 0.0182. The van der Waals surface area contributed by atoms with E-state index in [0.717, 1.165) is 5.56 Å². The van der Waals surface area contributed by atoms with Crippen molar-refractivity contribution < 1.29 is 23.8 Å². The Hall–Kier alpha value is -3.71. The first kappa shape index (κ1) is 22.0. The lowest BCUT2D eigenvalue weighted by atomic mass is 10.1. The first-order valence-electron chi connectivity index (χ1n) is 9.25. The molecule has 160 valence electrons. The van der Waals surface area contributed by atoms with Gasteiger partial charge in [0.25, 0.3) is 5.91 Å². The summed E-state index contributed by atoms with van der Waals surface area (Å²) in [5.41, 5.74) is 8.05. The number of nitrogen functional groups attached to an aromatic ring is 1. The predicted molar refractivity (Wildman–Crippen MR) is 119 cm³/mol. The van der Waals surface area contributed by atoms with Gasteiger partial charge in [-0.25, -0.2) is 4.79 Å². The number of hydrogen-bond donors (Lipinski definition) is 2. The average molecular weight is 441 g/mol. The third-order valence-electron chi connectivity index (χ3n) is 4.47. The van der Waals surface area contributed by atoms with E-state index >= 15 is 0 Å². The van der Waals surface area contributed by atoms with Gasteiger partial charge in [-0.05, 0) is 48.0 Å². The Morgan fingerprint density at radius 3 is 2.26 bits per heavy atom. The highest BCUT2D eigenvalue weighted by molar-refractivity contribution is 6.33. The fourth-order valence-electron chi connectivity index (χ4n) is 2.75. The van der Waals surface area contributed by atoms with E-state index in [1.807, 2.05) is 0 Å². The number of methoxy groups -OCH3 is 2. The van der Waals surface area contributed by atoms with E-state index in [-0.39, 0.29) is 28.8 Å².